The molecule has 1 heterocycles. The Labute approximate surface area is 128 Å². The van der Waals surface area contributed by atoms with E-state index in [1.165, 1.54) is 16.2 Å². The summed E-state index contributed by atoms with van der Waals surface area (Å²) in [5, 5.41) is 8.93. The number of carbonyl (C=O) groups is 1. The zero-order chi connectivity index (χ0) is 15.4. The lowest BCUT2D eigenvalue weighted by molar-refractivity contribution is 0.0925. The van der Waals surface area contributed by atoms with Gasteiger partial charge in [0.2, 0.25) is 5.78 Å². The van der Waals surface area contributed by atoms with Crippen molar-refractivity contribution < 1.29 is 9.53 Å². The third-order valence-electron chi connectivity index (χ3n) is 3.22. The van der Waals surface area contributed by atoms with E-state index >= 15 is 0 Å². The third-order valence-corrected chi connectivity index (χ3v) is 4.49. The number of thiophene rings is 1. The quantitative estimate of drug-likeness (QED) is 0.782. The van der Waals surface area contributed by atoms with Crippen molar-refractivity contribution in [3.63, 3.8) is 0 Å². The van der Waals surface area contributed by atoms with Crippen LogP contribution in [-0.2, 0) is 6.42 Å². The number of rotatable bonds is 5. The number of aryl methyl sites for hydroxylation is 3. The number of hydrogen-bond donors (Lipinski definition) is 0. The van der Waals surface area contributed by atoms with Gasteiger partial charge in [0.1, 0.15) is 5.75 Å². The fraction of sp³-hybridized carbons (Fsp3) is 0.294. The Morgan fingerprint density at radius 1 is 1.29 bits per heavy atom. The molecule has 2 rings (SSSR count). The minimum atomic E-state index is -0.0112. The first-order chi connectivity index (χ1) is 10.0. The van der Waals surface area contributed by atoms with Gasteiger partial charge in [-0.2, -0.15) is 5.26 Å². The molecule has 0 aliphatic heterocycles. The van der Waals surface area contributed by atoms with Crippen LogP contribution in [0.3, 0.4) is 0 Å². The highest BCUT2D eigenvalue weighted by Crippen LogP contribution is 2.25. The summed E-state index contributed by atoms with van der Waals surface area (Å²) in [7, 11) is 0. The van der Waals surface area contributed by atoms with Crippen molar-refractivity contribution in [3.8, 4) is 11.8 Å². The Bertz CT molecular complexity index is 687. The monoisotopic (exact) mass is 299 g/mol. The van der Waals surface area contributed by atoms with Crippen LogP contribution in [0, 0.1) is 25.2 Å². The van der Waals surface area contributed by atoms with Crippen molar-refractivity contribution >= 4 is 17.1 Å². The molecule has 0 radical (unpaired) electrons. The van der Waals surface area contributed by atoms with E-state index < -0.39 is 0 Å². The molecule has 0 unspecified atom stereocenters. The van der Waals surface area contributed by atoms with Crippen molar-refractivity contribution in [2.45, 2.75) is 27.2 Å². The average Bonchev–Trinajstić information content (AvgIpc) is 2.94. The van der Waals surface area contributed by atoms with Gasteiger partial charge in [-0.05, 0) is 55.7 Å². The molecule has 0 bridgehead atoms. The van der Waals surface area contributed by atoms with Gasteiger partial charge in [0.05, 0.1) is 16.5 Å². The first kappa shape index (κ1) is 15.3. The minimum absolute atomic E-state index is 0.0112. The van der Waals surface area contributed by atoms with Gasteiger partial charge in [0.15, 0.2) is 6.61 Å². The van der Waals surface area contributed by atoms with Crippen LogP contribution in [0.1, 0.15) is 38.2 Å². The smallest absolute Gasteiger partial charge is 0.210 e. The predicted octanol–water partition coefficient (Wildman–Crippen LogP) is 4.06. The number of ether oxygens (including phenoxy) is 1. The molecule has 0 spiro atoms. The van der Waals surface area contributed by atoms with Crippen LogP contribution in [0.4, 0.5) is 0 Å². The maximum absolute atomic E-state index is 12.1. The number of Topliss-reactive ketones (excluding diaryl/α,β-unsaturated/α-hetero) is 1. The summed E-state index contributed by atoms with van der Waals surface area (Å²) < 4.78 is 5.67. The Hall–Kier alpha value is -2.12. The number of nitriles is 1. The molecule has 21 heavy (non-hydrogen) atoms. The lowest BCUT2D eigenvalue weighted by Gasteiger charge is -2.11. The normalized spacial score (nSPS) is 10.2. The van der Waals surface area contributed by atoms with Crippen LogP contribution in [-0.4, -0.2) is 12.4 Å². The highest BCUT2D eigenvalue weighted by Gasteiger charge is 2.12. The van der Waals surface area contributed by atoms with E-state index in [1.807, 2.05) is 26.0 Å². The van der Waals surface area contributed by atoms with Gasteiger partial charge in [-0.15, -0.1) is 11.3 Å². The lowest BCUT2D eigenvalue weighted by atomic mass is 10.1. The van der Waals surface area contributed by atoms with Crippen molar-refractivity contribution in [2.75, 3.05) is 6.61 Å². The number of benzene rings is 1. The van der Waals surface area contributed by atoms with Gasteiger partial charge in [0, 0.05) is 4.88 Å². The van der Waals surface area contributed by atoms with E-state index in [9.17, 15) is 4.79 Å². The Kier molecular flexibility index (Phi) is 4.77. The molecule has 0 amide bonds. The molecule has 3 nitrogen and oxygen atoms in total. The second-order valence-corrected chi connectivity index (χ2v) is 6.05. The van der Waals surface area contributed by atoms with Gasteiger partial charge < -0.3 is 4.74 Å². The lowest BCUT2D eigenvalue weighted by Crippen LogP contribution is -2.11. The summed E-state index contributed by atoms with van der Waals surface area (Å²) in [6, 6.07) is 9.49. The first-order valence-electron chi connectivity index (χ1n) is 6.81. The molecule has 0 atom stereocenters. The Morgan fingerprint density at radius 2 is 1.95 bits per heavy atom. The molecule has 1 aromatic heterocycles. The van der Waals surface area contributed by atoms with Crippen LogP contribution in [0.25, 0.3) is 0 Å². The maximum atomic E-state index is 12.1. The second kappa shape index (κ2) is 6.55. The maximum Gasteiger partial charge on any atom is 0.210 e. The van der Waals surface area contributed by atoms with Crippen LogP contribution in [0.5, 0.6) is 5.75 Å². The van der Waals surface area contributed by atoms with E-state index in [0.717, 1.165) is 22.4 Å². The minimum Gasteiger partial charge on any atom is -0.485 e. The number of ketones is 1. The molecule has 108 valence electrons. The summed E-state index contributed by atoms with van der Waals surface area (Å²) >= 11 is 1.52. The van der Waals surface area contributed by atoms with Gasteiger partial charge >= 0.3 is 0 Å². The van der Waals surface area contributed by atoms with Crippen LogP contribution in [0.15, 0.2) is 24.3 Å². The Balaban J connectivity index is 2.10. The van der Waals surface area contributed by atoms with Crippen LogP contribution >= 0.6 is 11.3 Å². The van der Waals surface area contributed by atoms with Gasteiger partial charge in [0.25, 0.3) is 0 Å². The molecular formula is C17H17NO2S. The van der Waals surface area contributed by atoms with Gasteiger partial charge in [-0.25, -0.2) is 0 Å². The molecule has 0 aliphatic rings. The van der Waals surface area contributed by atoms with E-state index in [2.05, 4.69) is 13.0 Å². The standard InChI is InChI=1S/C17H17NO2S/c1-4-14-5-6-16(21-14)15(19)10-20-17-11(2)7-13(9-18)8-12(17)3/h5-8H,4,10H2,1-3H3. The largest absolute Gasteiger partial charge is 0.485 e. The number of hydrogen-bond acceptors (Lipinski definition) is 4. The fourth-order valence-electron chi connectivity index (χ4n) is 2.17. The Morgan fingerprint density at radius 3 is 2.48 bits per heavy atom. The van der Waals surface area contributed by atoms with Crippen molar-refractivity contribution in [2.24, 2.45) is 0 Å². The molecular weight excluding hydrogens is 282 g/mol. The summed E-state index contributed by atoms with van der Waals surface area (Å²) in [5.74, 6) is 0.678. The number of nitrogens with zero attached hydrogens (tertiary/aromatic N) is 1. The first-order valence-corrected chi connectivity index (χ1v) is 7.62. The SMILES string of the molecule is CCc1ccc(C(=O)COc2c(C)cc(C#N)cc2C)s1. The average molecular weight is 299 g/mol. The van der Waals surface area contributed by atoms with Crippen molar-refractivity contribution in [3.05, 3.63) is 50.7 Å². The van der Waals surface area contributed by atoms with Crippen LogP contribution < -0.4 is 4.74 Å². The van der Waals surface area contributed by atoms with E-state index in [4.69, 9.17) is 10.00 Å². The molecule has 0 fully saturated rings. The molecule has 1 aromatic carbocycles. The van der Waals surface area contributed by atoms with E-state index in [0.29, 0.717) is 11.3 Å². The highest BCUT2D eigenvalue weighted by molar-refractivity contribution is 7.14. The van der Waals surface area contributed by atoms with E-state index in [1.54, 1.807) is 12.1 Å². The van der Waals surface area contributed by atoms with Crippen molar-refractivity contribution in [1.29, 1.82) is 5.26 Å². The molecule has 0 saturated carbocycles. The van der Waals surface area contributed by atoms with Gasteiger partial charge in [-0.3, -0.25) is 4.79 Å². The summed E-state index contributed by atoms with van der Waals surface area (Å²) in [5.41, 5.74) is 2.36. The predicted molar refractivity (Wildman–Crippen MR) is 84.2 cm³/mol. The van der Waals surface area contributed by atoms with Crippen molar-refractivity contribution in [1.82, 2.24) is 0 Å². The number of carbonyl (C=O) groups excluding carboxylic acids is 1. The molecule has 0 saturated heterocycles. The zero-order valence-electron chi connectivity index (χ0n) is 12.4. The third kappa shape index (κ3) is 3.50. The summed E-state index contributed by atoms with van der Waals surface area (Å²) in [6.45, 7) is 5.86. The topological polar surface area (TPSA) is 50.1 Å². The zero-order valence-corrected chi connectivity index (χ0v) is 13.2. The molecule has 2 aromatic rings. The second-order valence-electron chi connectivity index (χ2n) is 4.88. The van der Waals surface area contributed by atoms with Gasteiger partial charge in [-0.1, -0.05) is 6.92 Å². The highest BCUT2D eigenvalue weighted by atomic mass is 32.1. The molecule has 0 aliphatic carbocycles. The van der Waals surface area contributed by atoms with Crippen LogP contribution in [0.2, 0.25) is 0 Å². The summed E-state index contributed by atoms with van der Waals surface area (Å²) in [4.78, 5) is 14.1. The molecule has 0 N–H and O–H groups in total. The summed E-state index contributed by atoms with van der Waals surface area (Å²) in [6.07, 6.45) is 0.937. The van der Waals surface area contributed by atoms with E-state index in [-0.39, 0.29) is 12.4 Å². The fourth-order valence-corrected chi connectivity index (χ4v) is 3.04. The molecule has 4 heteroatoms.